The predicted molar refractivity (Wildman–Crippen MR) is 147 cm³/mol. The van der Waals surface area contributed by atoms with E-state index >= 15 is 0 Å². The zero-order chi connectivity index (χ0) is 28.8. The minimum atomic E-state index is -4.73. The standard InChI is InChI=1S/C28H29F4N7O/c1-16(40)34-23-12-17(8-9-24(23)39-11-10-18(14-39)37(2)3)35-27-33-13-21(28(30,31)32)25(36-27)20-15-38(4)26-19(20)6-5-7-22(26)29/h5-9,12-13,15,18H,10-11,14H2,1-4H3,(H,34,40)(H,33,35,36)/t18-/m0/s1. The van der Waals surface area contributed by atoms with E-state index in [9.17, 15) is 22.4 Å². The van der Waals surface area contributed by atoms with E-state index in [0.29, 0.717) is 22.8 Å². The van der Waals surface area contributed by atoms with Crippen molar-refractivity contribution in [3.05, 3.63) is 60.2 Å². The SMILES string of the molecule is CC(=O)Nc1cc(Nc2ncc(C(F)(F)F)c(-c3cn(C)c4c(F)cccc34)n2)ccc1N1CC[C@H](N(C)C)C1. The second-order valence-corrected chi connectivity index (χ2v) is 10.1. The van der Waals surface area contributed by atoms with Crippen molar-refractivity contribution in [2.75, 3.05) is 42.7 Å². The van der Waals surface area contributed by atoms with E-state index in [1.165, 1.54) is 29.8 Å². The summed E-state index contributed by atoms with van der Waals surface area (Å²) < 4.78 is 57.9. The molecule has 1 fully saturated rings. The molecule has 0 saturated carbocycles. The number of para-hydroxylation sites is 1. The van der Waals surface area contributed by atoms with Gasteiger partial charge in [0.15, 0.2) is 0 Å². The van der Waals surface area contributed by atoms with E-state index in [0.717, 1.165) is 31.4 Å². The third-order valence-electron chi connectivity index (χ3n) is 7.10. The highest BCUT2D eigenvalue weighted by Gasteiger charge is 2.36. The molecular formula is C28H29F4N7O. The van der Waals surface area contributed by atoms with E-state index in [2.05, 4.69) is 30.4 Å². The van der Waals surface area contributed by atoms with Crippen LogP contribution in [0.15, 0.2) is 48.8 Å². The Balaban J connectivity index is 1.53. The number of fused-ring (bicyclic) bond motifs is 1. The number of benzene rings is 2. The summed E-state index contributed by atoms with van der Waals surface area (Å²) in [5, 5.41) is 6.12. The molecule has 1 aliphatic heterocycles. The smallest absolute Gasteiger partial charge is 0.368 e. The lowest BCUT2D eigenvalue weighted by Gasteiger charge is -2.24. The number of nitrogens with zero attached hydrogens (tertiary/aromatic N) is 5. The van der Waals surface area contributed by atoms with Crippen molar-refractivity contribution in [3.8, 4) is 11.3 Å². The summed E-state index contributed by atoms with van der Waals surface area (Å²) in [4.78, 5) is 24.5. The van der Waals surface area contributed by atoms with E-state index in [-0.39, 0.29) is 28.6 Å². The molecule has 1 saturated heterocycles. The van der Waals surface area contributed by atoms with Gasteiger partial charge in [0.05, 0.1) is 22.6 Å². The monoisotopic (exact) mass is 555 g/mol. The van der Waals surface area contributed by atoms with Crippen LogP contribution in [0, 0.1) is 5.82 Å². The maximum atomic E-state index is 14.5. The van der Waals surface area contributed by atoms with Crippen LogP contribution in [0.25, 0.3) is 22.2 Å². The Morgan fingerprint density at radius 3 is 2.62 bits per heavy atom. The molecule has 0 aliphatic carbocycles. The van der Waals surface area contributed by atoms with Crippen molar-refractivity contribution >= 4 is 39.8 Å². The highest BCUT2D eigenvalue weighted by molar-refractivity contribution is 5.96. The van der Waals surface area contributed by atoms with Gasteiger partial charge >= 0.3 is 6.18 Å². The molecule has 3 heterocycles. The second kappa shape index (κ2) is 10.4. The number of halogens is 4. The molecule has 1 aliphatic rings. The number of rotatable bonds is 6. The molecule has 0 unspecified atom stereocenters. The Bertz CT molecular complexity index is 1580. The number of amides is 1. The first-order valence-electron chi connectivity index (χ1n) is 12.7. The summed E-state index contributed by atoms with van der Waals surface area (Å²) in [5.41, 5.74) is 0.789. The number of likely N-dealkylation sites (N-methyl/N-ethyl adjacent to an activating group) is 1. The highest BCUT2D eigenvalue weighted by Crippen LogP contribution is 2.40. The lowest BCUT2D eigenvalue weighted by molar-refractivity contribution is -0.137. The first-order valence-corrected chi connectivity index (χ1v) is 12.7. The van der Waals surface area contributed by atoms with Gasteiger partial charge in [-0.1, -0.05) is 12.1 Å². The molecular weight excluding hydrogens is 526 g/mol. The zero-order valence-electron chi connectivity index (χ0n) is 22.5. The fraction of sp³-hybridized carbons (Fsp3) is 0.321. The number of carbonyl (C=O) groups excluding carboxylic acids is 1. The van der Waals surface area contributed by atoms with Gasteiger partial charge < -0.3 is 25.0 Å². The van der Waals surface area contributed by atoms with Crippen molar-refractivity contribution in [2.24, 2.45) is 7.05 Å². The fourth-order valence-electron chi connectivity index (χ4n) is 5.15. The molecule has 1 amide bonds. The maximum absolute atomic E-state index is 14.5. The van der Waals surface area contributed by atoms with Gasteiger partial charge in [0, 0.05) is 62.1 Å². The average Bonchev–Trinajstić information content (AvgIpc) is 3.49. The molecule has 4 aromatic rings. The van der Waals surface area contributed by atoms with Crippen molar-refractivity contribution < 1.29 is 22.4 Å². The summed E-state index contributed by atoms with van der Waals surface area (Å²) >= 11 is 0. The van der Waals surface area contributed by atoms with Crippen molar-refractivity contribution in [1.29, 1.82) is 0 Å². The van der Waals surface area contributed by atoms with Crippen LogP contribution in [0.4, 0.5) is 40.6 Å². The number of aromatic nitrogens is 3. The van der Waals surface area contributed by atoms with Crippen LogP contribution in [0.5, 0.6) is 0 Å². The Hall–Kier alpha value is -4.19. The van der Waals surface area contributed by atoms with Gasteiger partial charge in [0.1, 0.15) is 11.4 Å². The van der Waals surface area contributed by atoms with E-state index < -0.39 is 17.6 Å². The van der Waals surface area contributed by atoms with Gasteiger partial charge in [-0.3, -0.25) is 4.79 Å². The second-order valence-electron chi connectivity index (χ2n) is 10.1. The molecule has 2 N–H and O–H groups in total. The summed E-state index contributed by atoms with van der Waals surface area (Å²) in [6, 6.07) is 9.95. The normalized spacial score (nSPS) is 15.7. The fourth-order valence-corrected chi connectivity index (χ4v) is 5.15. The van der Waals surface area contributed by atoms with Gasteiger partial charge in [-0.05, 0) is 44.8 Å². The van der Waals surface area contributed by atoms with Gasteiger partial charge in [0.25, 0.3) is 0 Å². The minimum Gasteiger partial charge on any atom is -0.368 e. The molecule has 12 heteroatoms. The van der Waals surface area contributed by atoms with Crippen LogP contribution in [0.2, 0.25) is 0 Å². The van der Waals surface area contributed by atoms with E-state index in [1.807, 2.05) is 20.2 Å². The molecule has 0 bridgehead atoms. The van der Waals surface area contributed by atoms with Crippen LogP contribution < -0.4 is 15.5 Å². The third kappa shape index (κ3) is 5.31. The molecule has 1 atom stereocenters. The quantitative estimate of drug-likeness (QED) is 0.300. The summed E-state index contributed by atoms with van der Waals surface area (Å²) in [7, 11) is 5.63. The highest BCUT2D eigenvalue weighted by atomic mass is 19.4. The summed E-state index contributed by atoms with van der Waals surface area (Å²) in [5.74, 6) is -0.877. The van der Waals surface area contributed by atoms with Gasteiger partial charge in [-0.25, -0.2) is 14.4 Å². The van der Waals surface area contributed by atoms with Crippen LogP contribution in [0.1, 0.15) is 18.9 Å². The number of hydrogen-bond acceptors (Lipinski definition) is 6. The number of carbonyl (C=O) groups is 1. The largest absolute Gasteiger partial charge is 0.419 e. The Kier molecular flexibility index (Phi) is 7.13. The molecule has 40 heavy (non-hydrogen) atoms. The topological polar surface area (TPSA) is 78.3 Å². The molecule has 0 radical (unpaired) electrons. The van der Waals surface area contributed by atoms with Crippen LogP contribution in [0.3, 0.4) is 0 Å². The van der Waals surface area contributed by atoms with Gasteiger partial charge in [-0.15, -0.1) is 0 Å². The summed E-state index contributed by atoms with van der Waals surface area (Å²) in [6.45, 7) is 3.03. The average molecular weight is 556 g/mol. The first-order chi connectivity index (χ1) is 18.9. The lowest BCUT2D eigenvalue weighted by atomic mass is 10.1. The van der Waals surface area contributed by atoms with Crippen molar-refractivity contribution in [3.63, 3.8) is 0 Å². The number of hydrogen-bond donors (Lipinski definition) is 2. The van der Waals surface area contributed by atoms with E-state index in [4.69, 9.17) is 0 Å². The number of nitrogens with one attached hydrogen (secondary N) is 2. The Morgan fingerprint density at radius 2 is 1.95 bits per heavy atom. The first kappa shape index (κ1) is 27.4. The van der Waals surface area contributed by atoms with Crippen LogP contribution in [-0.4, -0.2) is 58.6 Å². The van der Waals surface area contributed by atoms with Crippen LogP contribution in [-0.2, 0) is 18.0 Å². The molecule has 0 spiro atoms. The van der Waals surface area contributed by atoms with Crippen LogP contribution >= 0.6 is 0 Å². The number of alkyl halides is 3. The van der Waals surface area contributed by atoms with E-state index in [1.54, 1.807) is 25.2 Å². The van der Waals surface area contributed by atoms with Crippen molar-refractivity contribution in [2.45, 2.75) is 25.6 Å². The number of anilines is 4. The molecule has 2 aromatic heterocycles. The number of aryl methyl sites for hydroxylation is 1. The Morgan fingerprint density at radius 1 is 1.18 bits per heavy atom. The summed E-state index contributed by atoms with van der Waals surface area (Å²) in [6.07, 6.45) is -1.61. The third-order valence-corrected chi connectivity index (χ3v) is 7.10. The van der Waals surface area contributed by atoms with Gasteiger partial charge in [-0.2, -0.15) is 13.2 Å². The molecule has 8 nitrogen and oxygen atoms in total. The predicted octanol–water partition coefficient (Wildman–Crippen LogP) is 5.64. The molecule has 210 valence electrons. The Labute approximate surface area is 228 Å². The molecule has 5 rings (SSSR count). The lowest BCUT2D eigenvalue weighted by Crippen LogP contribution is -2.31. The molecule has 2 aromatic carbocycles. The van der Waals surface area contributed by atoms with Gasteiger partial charge in [0.2, 0.25) is 11.9 Å². The maximum Gasteiger partial charge on any atom is 0.419 e. The van der Waals surface area contributed by atoms with Crippen molar-refractivity contribution in [1.82, 2.24) is 19.4 Å². The minimum absolute atomic E-state index is 0.0771. The zero-order valence-corrected chi connectivity index (χ0v) is 22.5.